The molecule has 0 aliphatic rings. The van der Waals surface area contributed by atoms with Crippen LogP contribution in [0.1, 0.15) is 15.9 Å². The van der Waals surface area contributed by atoms with Gasteiger partial charge in [-0.05, 0) is 18.2 Å². The molecule has 0 aromatic heterocycles. The van der Waals surface area contributed by atoms with Crippen molar-refractivity contribution in [1.29, 1.82) is 0 Å². The molecule has 0 bridgehead atoms. The number of methoxy groups -OCH3 is 1. The highest BCUT2D eigenvalue weighted by molar-refractivity contribution is 5.96. The van der Waals surface area contributed by atoms with E-state index in [4.69, 9.17) is 9.47 Å². The normalized spacial score (nSPS) is 10.0. The minimum Gasteiger partial charge on any atom is -0.496 e. The third kappa shape index (κ3) is 4.73. The Hall–Kier alpha value is -3.02. The van der Waals surface area contributed by atoms with Crippen molar-refractivity contribution in [3.8, 4) is 5.75 Å². The number of carbonyl (C=O) groups excluding carboxylic acids is 2. The summed E-state index contributed by atoms with van der Waals surface area (Å²) in [5.74, 6) is -0.118. The monoisotopic (exact) mass is 342 g/mol. The molecule has 0 spiro atoms. The summed E-state index contributed by atoms with van der Waals surface area (Å²) in [6.45, 7) is 0.0516. The van der Waals surface area contributed by atoms with Gasteiger partial charge in [-0.3, -0.25) is 4.79 Å². The summed E-state index contributed by atoms with van der Waals surface area (Å²) in [7, 11) is 4.96. The van der Waals surface area contributed by atoms with Crippen LogP contribution in [0.15, 0.2) is 48.5 Å². The Morgan fingerprint density at radius 3 is 2.48 bits per heavy atom. The van der Waals surface area contributed by atoms with E-state index in [9.17, 15) is 9.59 Å². The Kier molecular flexibility index (Phi) is 6.39. The van der Waals surface area contributed by atoms with E-state index in [0.717, 1.165) is 5.56 Å². The lowest BCUT2D eigenvalue weighted by molar-refractivity contribution is -0.133. The van der Waals surface area contributed by atoms with Gasteiger partial charge in [0.15, 0.2) is 6.61 Å². The van der Waals surface area contributed by atoms with Gasteiger partial charge < -0.3 is 19.7 Å². The molecule has 0 unspecified atom stereocenters. The van der Waals surface area contributed by atoms with Crippen LogP contribution in [0.2, 0.25) is 0 Å². The van der Waals surface area contributed by atoms with Crippen molar-refractivity contribution in [3.63, 3.8) is 0 Å². The van der Waals surface area contributed by atoms with Crippen LogP contribution in [0.5, 0.6) is 5.75 Å². The van der Waals surface area contributed by atoms with Crippen LogP contribution >= 0.6 is 0 Å². The number of rotatable bonds is 7. The molecule has 0 aliphatic carbocycles. The van der Waals surface area contributed by atoms with E-state index in [1.165, 1.54) is 4.90 Å². The van der Waals surface area contributed by atoms with E-state index in [-0.39, 0.29) is 12.5 Å². The molecular formula is C19H22N2O4. The number of para-hydroxylation sites is 2. The second-order valence-corrected chi connectivity index (χ2v) is 5.43. The number of hydrogen-bond acceptors (Lipinski definition) is 5. The number of nitrogens with zero attached hydrogens (tertiary/aromatic N) is 1. The Bertz CT molecular complexity index is 746. The maximum Gasteiger partial charge on any atom is 0.340 e. The SMILES string of the molecule is CNc1ccccc1C(=O)OCC(=O)N(C)Cc1ccccc1OC. The van der Waals surface area contributed by atoms with Crippen LogP contribution in [-0.4, -0.2) is 44.6 Å². The molecular weight excluding hydrogens is 320 g/mol. The van der Waals surface area contributed by atoms with Gasteiger partial charge in [0, 0.05) is 31.9 Å². The first-order valence-corrected chi connectivity index (χ1v) is 7.86. The van der Waals surface area contributed by atoms with Crippen molar-refractivity contribution >= 4 is 17.6 Å². The summed E-state index contributed by atoms with van der Waals surface area (Å²) < 4.78 is 10.4. The second kappa shape index (κ2) is 8.73. The van der Waals surface area contributed by atoms with Gasteiger partial charge in [0.2, 0.25) is 0 Å². The zero-order valence-electron chi connectivity index (χ0n) is 14.6. The summed E-state index contributed by atoms with van der Waals surface area (Å²) in [6, 6.07) is 14.4. The molecule has 2 aromatic carbocycles. The van der Waals surface area contributed by atoms with Crippen LogP contribution in [0, 0.1) is 0 Å². The number of likely N-dealkylation sites (N-methyl/N-ethyl adjacent to an activating group) is 1. The zero-order valence-corrected chi connectivity index (χ0v) is 14.6. The Labute approximate surface area is 147 Å². The Morgan fingerprint density at radius 1 is 1.08 bits per heavy atom. The first kappa shape index (κ1) is 18.3. The van der Waals surface area contributed by atoms with Gasteiger partial charge in [-0.2, -0.15) is 0 Å². The summed E-state index contributed by atoms with van der Waals surface area (Å²) in [6.07, 6.45) is 0. The smallest absolute Gasteiger partial charge is 0.340 e. The van der Waals surface area contributed by atoms with E-state index in [1.54, 1.807) is 39.4 Å². The molecule has 0 fully saturated rings. The van der Waals surface area contributed by atoms with Gasteiger partial charge in [0.25, 0.3) is 5.91 Å². The summed E-state index contributed by atoms with van der Waals surface area (Å²) in [4.78, 5) is 25.9. The minimum absolute atomic E-state index is 0.291. The molecule has 25 heavy (non-hydrogen) atoms. The molecule has 6 nitrogen and oxygen atoms in total. The highest BCUT2D eigenvalue weighted by atomic mass is 16.5. The van der Waals surface area contributed by atoms with Gasteiger partial charge in [-0.15, -0.1) is 0 Å². The van der Waals surface area contributed by atoms with Gasteiger partial charge in [0.05, 0.1) is 12.7 Å². The van der Waals surface area contributed by atoms with Crippen LogP contribution in [-0.2, 0) is 16.1 Å². The van der Waals surface area contributed by atoms with Gasteiger partial charge in [-0.25, -0.2) is 4.79 Å². The van der Waals surface area contributed by atoms with E-state index in [0.29, 0.717) is 23.5 Å². The van der Waals surface area contributed by atoms with Gasteiger partial charge >= 0.3 is 5.97 Å². The highest BCUT2D eigenvalue weighted by Crippen LogP contribution is 2.19. The summed E-state index contributed by atoms with van der Waals surface area (Å²) in [5.41, 5.74) is 1.93. The summed E-state index contributed by atoms with van der Waals surface area (Å²) in [5, 5.41) is 2.92. The fourth-order valence-corrected chi connectivity index (χ4v) is 2.37. The first-order chi connectivity index (χ1) is 12.1. The lowest BCUT2D eigenvalue weighted by Gasteiger charge is -2.19. The van der Waals surface area contributed by atoms with Crippen molar-refractivity contribution in [2.75, 3.05) is 33.1 Å². The van der Waals surface area contributed by atoms with Crippen molar-refractivity contribution in [3.05, 3.63) is 59.7 Å². The molecule has 0 radical (unpaired) electrons. The molecule has 1 N–H and O–H groups in total. The maximum atomic E-state index is 12.2. The minimum atomic E-state index is -0.538. The molecule has 0 saturated heterocycles. The third-order valence-corrected chi connectivity index (χ3v) is 3.77. The lowest BCUT2D eigenvalue weighted by atomic mass is 10.2. The largest absolute Gasteiger partial charge is 0.496 e. The maximum absolute atomic E-state index is 12.2. The van der Waals surface area contributed by atoms with Crippen molar-refractivity contribution in [2.45, 2.75) is 6.54 Å². The van der Waals surface area contributed by atoms with E-state index in [1.807, 2.05) is 30.3 Å². The van der Waals surface area contributed by atoms with Crippen molar-refractivity contribution in [1.82, 2.24) is 4.90 Å². The molecule has 2 aromatic rings. The van der Waals surface area contributed by atoms with Crippen LogP contribution in [0.4, 0.5) is 5.69 Å². The standard InChI is InChI=1S/C19H22N2O4/c1-20-16-10-6-5-9-15(16)19(23)25-13-18(22)21(2)12-14-8-4-7-11-17(14)24-3/h4-11,20H,12-13H2,1-3H3. The molecule has 0 saturated carbocycles. The zero-order chi connectivity index (χ0) is 18.2. The molecule has 0 aliphatic heterocycles. The first-order valence-electron chi connectivity index (χ1n) is 7.86. The average Bonchev–Trinajstić information content (AvgIpc) is 2.66. The van der Waals surface area contributed by atoms with E-state index < -0.39 is 5.97 Å². The average molecular weight is 342 g/mol. The van der Waals surface area contributed by atoms with Crippen molar-refractivity contribution < 1.29 is 19.1 Å². The molecule has 0 heterocycles. The fraction of sp³-hybridized carbons (Fsp3) is 0.263. The van der Waals surface area contributed by atoms with Crippen LogP contribution < -0.4 is 10.1 Å². The van der Waals surface area contributed by atoms with E-state index >= 15 is 0 Å². The highest BCUT2D eigenvalue weighted by Gasteiger charge is 2.16. The van der Waals surface area contributed by atoms with E-state index in [2.05, 4.69) is 5.32 Å². The topological polar surface area (TPSA) is 67.9 Å². The summed E-state index contributed by atoms with van der Waals surface area (Å²) >= 11 is 0. The van der Waals surface area contributed by atoms with Gasteiger partial charge in [-0.1, -0.05) is 30.3 Å². The predicted octanol–water partition coefficient (Wildman–Crippen LogP) is 2.55. The van der Waals surface area contributed by atoms with Crippen LogP contribution in [0.3, 0.4) is 0 Å². The second-order valence-electron chi connectivity index (χ2n) is 5.43. The van der Waals surface area contributed by atoms with Crippen molar-refractivity contribution in [2.24, 2.45) is 0 Å². The molecule has 132 valence electrons. The number of ether oxygens (including phenoxy) is 2. The molecule has 2 rings (SSSR count). The molecule has 6 heteroatoms. The number of anilines is 1. The molecule has 0 atom stereocenters. The number of hydrogen-bond donors (Lipinski definition) is 1. The third-order valence-electron chi connectivity index (χ3n) is 3.77. The Morgan fingerprint density at radius 2 is 1.76 bits per heavy atom. The van der Waals surface area contributed by atoms with Gasteiger partial charge in [0.1, 0.15) is 5.75 Å². The molecule has 1 amide bonds. The number of esters is 1. The predicted molar refractivity (Wildman–Crippen MR) is 95.7 cm³/mol. The Balaban J connectivity index is 1.94. The van der Waals surface area contributed by atoms with Crippen LogP contribution in [0.25, 0.3) is 0 Å². The number of nitrogens with one attached hydrogen (secondary N) is 1. The quantitative estimate of drug-likeness (QED) is 0.783. The number of carbonyl (C=O) groups is 2. The number of benzene rings is 2. The fourth-order valence-electron chi connectivity index (χ4n) is 2.37. The lowest BCUT2D eigenvalue weighted by Crippen LogP contribution is -2.31. The number of amides is 1.